The third-order valence-corrected chi connectivity index (χ3v) is 5.91. The smallest absolute Gasteiger partial charge is 0.148 e. The number of allylic oxidation sites excluding steroid dienone is 1. The van der Waals surface area contributed by atoms with Crippen LogP contribution in [-0.4, -0.2) is 39.4 Å². The van der Waals surface area contributed by atoms with Crippen molar-refractivity contribution in [3.63, 3.8) is 0 Å². The zero-order chi connectivity index (χ0) is 23.2. The van der Waals surface area contributed by atoms with E-state index in [4.69, 9.17) is 15.5 Å². The van der Waals surface area contributed by atoms with Gasteiger partial charge in [0.25, 0.3) is 0 Å². The van der Waals surface area contributed by atoms with E-state index in [1.165, 1.54) is 0 Å². The average molecular weight is 444 g/mol. The van der Waals surface area contributed by atoms with Gasteiger partial charge in [-0.3, -0.25) is 9.98 Å². The van der Waals surface area contributed by atoms with Crippen molar-refractivity contribution in [2.45, 2.75) is 45.3 Å². The first-order valence-electron chi connectivity index (χ1n) is 11.3. The summed E-state index contributed by atoms with van der Waals surface area (Å²) >= 11 is 0. The van der Waals surface area contributed by atoms with Crippen molar-refractivity contribution in [3.05, 3.63) is 65.9 Å². The number of nitrogens with two attached hydrogens (primary N) is 1. The molecule has 4 rings (SSSR count). The molecule has 33 heavy (non-hydrogen) atoms. The number of fused-ring (bicyclic) bond motifs is 1. The molecule has 1 unspecified atom stereocenters. The van der Waals surface area contributed by atoms with Gasteiger partial charge in [0.2, 0.25) is 0 Å². The monoisotopic (exact) mass is 443 g/mol. The molecule has 0 saturated carbocycles. The van der Waals surface area contributed by atoms with E-state index in [0.29, 0.717) is 16.8 Å². The van der Waals surface area contributed by atoms with Crippen molar-refractivity contribution in [3.8, 4) is 11.8 Å². The van der Waals surface area contributed by atoms with Gasteiger partial charge in [0.05, 0.1) is 17.9 Å². The summed E-state index contributed by atoms with van der Waals surface area (Å²) in [5, 5.41) is 17.4. The zero-order valence-corrected chi connectivity index (χ0v) is 19.0. The Morgan fingerprint density at radius 1 is 1.42 bits per heavy atom. The maximum atomic E-state index is 9.63. The van der Waals surface area contributed by atoms with Crippen LogP contribution in [0.25, 0.3) is 11.1 Å². The normalized spacial score (nSPS) is 16.5. The molecule has 3 aromatic rings. The standard InChI is InChI=1S/C25H29N7O/c1-3-23(22-6-4-5-9-29-22)33-24-12-18(16-32-25(24)19(13-26)15-30-32)21(14-27)17(2)31-20-7-10-28-11-8-20/h4-6,9,12,14-16,20,23,28H,3,7-8,10-11,27H2,1-2H3/b21-14+,31-17?. The molecule has 1 aliphatic heterocycles. The van der Waals surface area contributed by atoms with Crippen LogP contribution in [-0.2, 0) is 0 Å². The van der Waals surface area contributed by atoms with Gasteiger partial charge < -0.3 is 15.8 Å². The summed E-state index contributed by atoms with van der Waals surface area (Å²) in [4.78, 5) is 9.39. The zero-order valence-electron chi connectivity index (χ0n) is 19.0. The molecule has 0 bridgehead atoms. The minimum atomic E-state index is -0.262. The van der Waals surface area contributed by atoms with Crippen LogP contribution in [0.1, 0.15) is 56.0 Å². The first-order chi connectivity index (χ1) is 16.1. The molecule has 8 nitrogen and oxygen atoms in total. The van der Waals surface area contributed by atoms with Crippen molar-refractivity contribution >= 4 is 16.8 Å². The van der Waals surface area contributed by atoms with Crippen LogP contribution in [0.4, 0.5) is 0 Å². The highest BCUT2D eigenvalue weighted by molar-refractivity contribution is 6.22. The molecule has 3 aromatic heterocycles. The lowest BCUT2D eigenvalue weighted by Gasteiger charge is -2.21. The van der Waals surface area contributed by atoms with Crippen molar-refractivity contribution in [1.82, 2.24) is 19.9 Å². The van der Waals surface area contributed by atoms with Crippen LogP contribution in [0, 0.1) is 11.3 Å². The minimum Gasteiger partial charge on any atom is -0.482 e. The molecule has 1 fully saturated rings. The molecule has 4 heterocycles. The van der Waals surface area contributed by atoms with Gasteiger partial charge in [-0.1, -0.05) is 13.0 Å². The Bertz CT molecular complexity index is 1200. The molecule has 0 radical (unpaired) electrons. The van der Waals surface area contributed by atoms with Crippen LogP contribution in [0.3, 0.4) is 0 Å². The topological polar surface area (TPSA) is 114 Å². The van der Waals surface area contributed by atoms with Gasteiger partial charge in [-0.05, 0) is 57.5 Å². The van der Waals surface area contributed by atoms with Gasteiger partial charge in [-0.2, -0.15) is 10.4 Å². The van der Waals surface area contributed by atoms with Gasteiger partial charge in [0.1, 0.15) is 29.0 Å². The summed E-state index contributed by atoms with van der Waals surface area (Å²) < 4.78 is 8.11. The number of pyridine rings is 2. The summed E-state index contributed by atoms with van der Waals surface area (Å²) in [6.07, 6.45) is 9.23. The van der Waals surface area contributed by atoms with Gasteiger partial charge in [0, 0.05) is 35.4 Å². The van der Waals surface area contributed by atoms with Crippen molar-refractivity contribution in [1.29, 1.82) is 5.26 Å². The van der Waals surface area contributed by atoms with Crippen LogP contribution < -0.4 is 15.8 Å². The predicted molar refractivity (Wildman–Crippen MR) is 129 cm³/mol. The number of hydrogen-bond acceptors (Lipinski definition) is 7. The second-order valence-corrected chi connectivity index (χ2v) is 8.10. The maximum absolute atomic E-state index is 9.63. The van der Waals surface area contributed by atoms with Crippen LogP contribution >= 0.6 is 0 Å². The third-order valence-electron chi connectivity index (χ3n) is 5.91. The van der Waals surface area contributed by atoms with Gasteiger partial charge in [0.15, 0.2) is 0 Å². The number of aromatic nitrogens is 3. The number of rotatable bonds is 7. The minimum absolute atomic E-state index is 0.262. The molecule has 1 atom stereocenters. The highest BCUT2D eigenvalue weighted by Crippen LogP contribution is 2.32. The van der Waals surface area contributed by atoms with E-state index in [9.17, 15) is 5.26 Å². The van der Waals surface area contributed by atoms with Gasteiger partial charge in [-0.25, -0.2) is 4.52 Å². The summed E-state index contributed by atoms with van der Waals surface area (Å²) in [6.45, 7) is 5.98. The highest BCUT2D eigenvalue weighted by Gasteiger charge is 2.20. The van der Waals surface area contributed by atoms with E-state index in [2.05, 4.69) is 21.5 Å². The van der Waals surface area contributed by atoms with Crippen LogP contribution in [0.5, 0.6) is 5.75 Å². The lowest BCUT2D eigenvalue weighted by molar-refractivity contribution is 0.198. The summed E-state index contributed by atoms with van der Waals surface area (Å²) in [5.74, 6) is 0.563. The molecule has 1 aliphatic rings. The number of aliphatic imine (C=N–C) groups is 1. The Labute approximate surface area is 193 Å². The molecule has 3 N–H and O–H groups in total. The SMILES string of the molecule is CCC(Oc1cc(/C(=C/N)C(C)=NC2CCNCC2)cn2ncc(C#N)c12)c1ccccn1. The van der Waals surface area contributed by atoms with E-state index >= 15 is 0 Å². The van der Waals surface area contributed by atoms with E-state index in [1.807, 2.05) is 44.3 Å². The Hall–Kier alpha value is -3.70. The largest absolute Gasteiger partial charge is 0.482 e. The van der Waals surface area contributed by atoms with Crippen molar-refractivity contribution in [2.75, 3.05) is 13.1 Å². The summed E-state index contributed by atoms with van der Waals surface area (Å²) in [7, 11) is 0. The van der Waals surface area contributed by atoms with E-state index in [1.54, 1.807) is 23.1 Å². The fraction of sp³-hybridized carbons (Fsp3) is 0.360. The second kappa shape index (κ2) is 10.3. The molecule has 0 amide bonds. The molecule has 8 heteroatoms. The van der Waals surface area contributed by atoms with Crippen molar-refractivity contribution < 1.29 is 4.74 Å². The van der Waals surface area contributed by atoms with Gasteiger partial charge in [-0.15, -0.1) is 0 Å². The Kier molecular flexibility index (Phi) is 7.01. The average Bonchev–Trinajstić information content (AvgIpc) is 3.27. The Morgan fingerprint density at radius 3 is 2.91 bits per heavy atom. The number of hydrogen-bond donors (Lipinski definition) is 2. The van der Waals surface area contributed by atoms with E-state index in [0.717, 1.165) is 54.9 Å². The van der Waals surface area contributed by atoms with Crippen molar-refractivity contribution in [2.24, 2.45) is 10.7 Å². The number of ether oxygens (including phenoxy) is 1. The quantitative estimate of drug-likeness (QED) is 0.539. The number of nitrogens with zero attached hydrogens (tertiary/aromatic N) is 5. The summed E-state index contributed by atoms with van der Waals surface area (Å²) in [5.41, 5.74) is 10.5. The molecule has 0 spiro atoms. The highest BCUT2D eigenvalue weighted by atomic mass is 16.5. The Balaban J connectivity index is 1.75. The van der Waals surface area contributed by atoms with E-state index in [-0.39, 0.29) is 12.1 Å². The second-order valence-electron chi connectivity index (χ2n) is 8.10. The predicted octanol–water partition coefficient (Wildman–Crippen LogP) is 3.64. The number of piperidine rings is 1. The molecule has 1 saturated heterocycles. The molecular formula is C25H29N7O. The first kappa shape index (κ1) is 22.5. The van der Waals surface area contributed by atoms with Crippen LogP contribution in [0.15, 0.2) is 54.0 Å². The fourth-order valence-corrected chi connectivity index (χ4v) is 4.18. The number of nitrogens with one attached hydrogen (secondary N) is 1. The molecule has 0 aromatic carbocycles. The molecule has 0 aliphatic carbocycles. The lowest BCUT2D eigenvalue weighted by atomic mass is 10.0. The number of nitriles is 1. The van der Waals surface area contributed by atoms with Crippen LogP contribution in [0.2, 0.25) is 0 Å². The van der Waals surface area contributed by atoms with E-state index < -0.39 is 0 Å². The first-order valence-corrected chi connectivity index (χ1v) is 11.3. The van der Waals surface area contributed by atoms with Gasteiger partial charge >= 0.3 is 0 Å². The Morgan fingerprint density at radius 2 is 2.24 bits per heavy atom. The maximum Gasteiger partial charge on any atom is 0.148 e. The molecule has 170 valence electrons. The third kappa shape index (κ3) is 4.89. The lowest BCUT2D eigenvalue weighted by Crippen LogP contribution is -2.30. The fourth-order valence-electron chi connectivity index (χ4n) is 4.18. The molecular weight excluding hydrogens is 414 g/mol. The summed E-state index contributed by atoms with van der Waals surface area (Å²) in [6, 6.07) is 10.2.